The zero-order chi connectivity index (χ0) is 14.4. The summed E-state index contributed by atoms with van der Waals surface area (Å²) in [5, 5.41) is 9.47. The summed E-state index contributed by atoms with van der Waals surface area (Å²) in [6, 6.07) is 3.40. The average molecular weight is 272 g/mol. The van der Waals surface area contributed by atoms with Gasteiger partial charge in [-0.15, -0.1) is 0 Å². The number of alkyl halides is 3. The number of carbonyl (C=O) groups is 3. The molecule has 2 atom stereocenters. The molecule has 0 heterocycles. The number of aliphatic hydroxyl groups excluding tert-OH is 1. The minimum atomic E-state index is -4.53. The number of hydrogen-bond acceptors (Lipinski definition) is 4. The van der Waals surface area contributed by atoms with Crippen molar-refractivity contribution in [1.29, 1.82) is 0 Å². The molecule has 0 saturated heterocycles. The highest BCUT2D eigenvalue weighted by Crippen LogP contribution is 2.32. The van der Waals surface area contributed by atoms with Gasteiger partial charge in [-0.1, -0.05) is 12.1 Å². The molecule has 0 bridgehead atoms. The Morgan fingerprint density at radius 1 is 0.947 bits per heavy atom. The van der Waals surface area contributed by atoms with Crippen LogP contribution in [0.2, 0.25) is 0 Å². The van der Waals surface area contributed by atoms with Crippen LogP contribution < -0.4 is 0 Å². The molecule has 0 aliphatic heterocycles. The Kier molecular flexibility index (Phi) is 3.01. The van der Waals surface area contributed by atoms with Gasteiger partial charge in [0.25, 0.3) is 5.78 Å². The number of benzene rings is 1. The maximum absolute atomic E-state index is 12.3. The van der Waals surface area contributed by atoms with Crippen LogP contribution in [-0.4, -0.2) is 28.6 Å². The fourth-order valence-corrected chi connectivity index (χ4v) is 1.90. The molecule has 4 nitrogen and oxygen atoms in total. The standard InChI is InChI=1S/C12H7F3O4/c13-12(14,15)6-3-1-5(2-4-6)7-8(16)10(18)11(19)9(7)17/h1-4,7-8,16H. The Morgan fingerprint density at radius 3 is 1.84 bits per heavy atom. The summed E-state index contributed by atoms with van der Waals surface area (Å²) in [5.74, 6) is -5.06. The van der Waals surface area contributed by atoms with Gasteiger partial charge in [0, 0.05) is 0 Å². The van der Waals surface area contributed by atoms with Gasteiger partial charge in [0.15, 0.2) is 0 Å². The van der Waals surface area contributed by atoms with Gasteiger partial charge < -0.3 is 5.11 Å². The Hall–Kier alpha value is -2.02. The lowest BCUT2D eigenvalue weighted by Crippen LogP contribution is -2.22. The van der Waals surface area contributed by atoms with Crippen LogP contribution in [0.4, 0.5) is 13.2 Å². The number of hydrogen-bond donors (Lipinski definition) is 1. The summed E-state index contributed by atoms with van der Waals surface area (Å²) >= 11 is 0. The first-order valence-electron chi connectivity index (χ1n) is 5.21. The first-order valence-corrected chi connectivity index (χ1v) is 5.21. The van der Waals surface area contributed by atoms with Crippen molar-refractivity contribution < 1.29 is 32.7 Å². The molecule has 1 aromatic carbocycles. The lowest BCUT2D eigenvalue weighted by molar-refractivity contribution is -0.141. The minimum absolute atomic E-state index is 0.00435. The molecule has 2 rings (SSSR count). The van der Waals surface area contributed by atoms with Gasteiger partial charge in [-0.25, -0.2) is 0 Å². The number of halogens is 3. The van der Waals surface area contributed by atoms with Crippen molar-refractivity contribution in [2.45, 2.75) is 18.2 Å². The summed E-state index contributed by atoms with van der Waals surface area (Å²) in [5.41, 5.74) is -0.918. The molecule has 1 saturated carbocycles. The molecule has 1 N–H and O–H groups in total. The summed E-state index contributed by atoms with van der Waals surface area (Å²) in [4.78, 5) is 33.7. The van der Waals surface area contributed by atoms with Crippen molar-refractivity contribution in [3.05, 3.63) is 35.4 Å². The van der Waals surface area contributed by atoms with Gasteiger partial charge >= 0.3 is 6.18 Å². The van der Waals surface area contributed by atoms with Gasteiger partial charge in [0.2, 0.25) is 11.6 Å². The molecule has 0 radical (unpaired) electrons. The highest BCUT2D eigenvalue weighted by Gasteiger charge is 2.48. The third kappa shape index (κ3) is 2.17. The van der Waals surface area contributed by atoms with Crippen molar-refractivity contribution in [3.63, 3.8) is 0 Å². The molecule has 1 fully saturated rings. The molecule has 0 spiro atoms. The molecule has 7 heteroatoms. The lowest BCUT2D eigenvalue weighted by atomic mass is 9.94. The zero-order valence-electron chi connectivity index (χ0n) is 9.27. The van der Waals surface area contributed by atoms with E-state index >= 15 is 0 Å². The van der Waals surface area contributed by atoms with E-state index in [0.29, 0.717) is 0 Å². The molecule has 100 valence electrons. The van der Waals surface area contributed by atoms with Crippen LogP contribution >= 0.6 is 0 Å². The number of Topliss-reactive ketones (excluding diaryl/α,β-unsaturated/α-hetero) is 3. The lowest BCUT2D eigenvalue weighted by Gasteiger charge is -2.12. The van der Waals surface area contributed by atoms with Gasteiger partial charge in [-0.3, -0.25) is 14.4 Å². The largest absolute Gasteiger partial charge is 0.416 e. The molecule has 2 unspecified atom stereocenters. The van der Waals surface area contributed by atoms with Crippen molar-refractivity contribution >= 4 is 17.3 Å². The van der Waals surface area contributed by atoms with Crippen LogP contribution in [0.1, 0.15) is 17.0 Å². The van der Waals surface area contributed by atoms with Crippen molar-refractivity contribution in [3.8, 4) is 0 Å². The summed E-state index contributed by atoms with van der Waals surface area (Å²) in [6.45, 7) is 0. The van der Waals surface area contributed by atoms with Crippen LogP contribution in [0.5, 0.6) is 0 Å². The molecule has 0 aromatic heterocycles. The third-order valence-electron chi connectivity index (χ3n) is 2.91. The number of ketones is 3. The normalized spacial score (nSPS) is 24.1. The molecule has 1 aliphatic carbocycles. The van der Waals surface area contributed by atoms with Crippen LogP contribution in [0.15, 0.2) is 24.3 Å². The van der Waals surface area contributed by atoms with Gasteiger partial charge in [-0.2, -0.15) is 13.2 Å². The predicted molar refractivity (Wildman–Crippen MR) is 55.2 cm³/mol. The van der Waals surface area contributed by atoms with Gasteiger partial charge in [0.1, 0.15) is 6.10 Å². The molecular weight excluding hydrogens is 265 g/mol. The van der Waals surface area contributed by atoms with Crippen molar-refractivity contribution in [1.82, 2.24) is 0 Å². The summed E-state index contributed by atoms with van der Waals surface area (Å²) in [6.07, 6.45) is -6.35. The van der Waals surface area contributed by atoms with E-state index in [1.807, 2.05) is 0 Å². The monoisotopic (exact) mass is 272 g/mol. The van der Waals surface area contributed by atoms with Gasteiger partial charge in [-0.05, 0) is 17.7 Å². The van der Waals surface area contributed by atoms with Crippen molar-refractivity contribution in [2.75, 3.05) is 0 Å². The molecule has 19 heavy (non-hydrogen) atoms. The van der Waals surface area contributed by atoms with E-state index in [1.54, 1.807) is 0 Å². The second kappa shape index (κ2) is 4.27. The van der Waals surface area contributed by atoms with Crippen LogP contribution in [0.3, 0.4) is 0 Å². The maximum Gasteiger partial charge on any atom is 0.416 e. The first kappa shape index (κ1) is 13.4. The fourth-order valence-electron chi connectivity index (χ4n) is 1.90. The minimum Gasteiger partial charge on any atom is -0.384 e. The molecular formula is C12H7F3O4. The van der Waals surface area contributed by atoms with E-state index in [1.165, 1.54) is 0 Å². The third-order valence-corrected chi connectivity index (χ3v) is 2.91. The van der Waals surface area contributed by atoms with E-state index in [4.69, 9.17) is 0 Å². The van der Waals surface area contributed by atoms with E-state index < -0.39 is 41.1 Å². The number of carbonyl (C=O) groups excluding carboxylic acids is 3. The molecule has 0 amide bonds. The van der Waals surface area contributed by atoms with E-state index in [2.05, 4.69) is 0 Å². The Morgan fingerprint density at radius 2 is 1.47 bits per heavy atom. The van der Waals surface area contributed by atoms with Gasteiger partial charge in [0.05, 0.1) is 11.5 Å². The quantitative estimate of drug-likeness (QED) is 0.770. The summed E-state index contributed by atoms with van der Waals surface area (Å²) < 4.78 is 37.0. The SMILES string of the molecule is O=C1C(=O)C(O)C(c2ccc(C(F)(F)F)cc2)C1=O. The fraction of sp³-hybridized carbons (Fsp3) is 0.250. The Bertz CT molecular complexity index is 559. The van der Waals surface area contributed by atoms with Crippen LogP contribution in [0, 0.1) is 0 Å². The average Bonchev–Trinajstić information content (AvgIpc) is 2.53. The van der Waals surface area contributed by atoms with E-state index in [0.717, 1.165) is 24.3 Å². The van der Waals surface area contributed by atoms with Crippen LogP contribution in [0.25, 0.3) is 0 Å². The highest BCUT2D eigenvalue weighted by molar-refractivity contribution is 6.69. The Balaban J connectivity index is 2.36. The second-order valence-corrected chi connectivity index (χ2v) is 4.10. The van der Waals surface area contributed by atoms with E-state index in [-0.39, 0.29) is 5.56 Å². The second-order valence-electron chi connectivity index (χ2n) is 4.10. The highest BCUT2D eigenvalue weighted by atomic mass is 19.4. The predicted octanol–water partition coefficient (Wildman–Crippen LogP) is 0.871. The topological polar surface area (TPSA) is 71.4 Å². The molecule has 1 aromatic rings. The zero-order valence-corrected chi connectivity index (χ0v) is 9.27. The van der Waals surface area contributed by atoms with Crippen LogP contribution in [-0.2, 0) is 20.6 Å². The maximum atomic E-state index is 12.3. The Labute approximate surface area is 104 Å². The smallest absolute Gasteiger partial charge is 0.384 e. The van der Waals surface area contributed by atoms with Crippen molar-refractivity contribution in [2.24, 2.45) is 0 Å². The number of rotatable bonds is 1. The van der Waals surface area contributed by atoms with E-state index in [9.17, 15) is 32.7 Å². The molecule has 1 aliphatic rings. The summed E-state index contributed by atoms with van der Waals surface area (Å²) in [7, 11) is 0. The number of aliphatic hydroxyl groups is 1. The first-order chi connectivity index (χ1) is 8.73.